The zero-order chi connectivity index (χ0) is 24.9. The predicted molar refractivity (Wildman–Crippen MR) is 148 cm³/mol. The van der Waals surface area contributed by atoms with Gasteiger partial charge in [0.05, 0.1) is 5.56 Å². The maximum absolute atomic E-state index is 12.9. The number of carbonyl (C=O) groups excluding carboxylic acids is 2. The van der Waals surface area contributed by atoms with E-state index < -0.39 is 0 Å². The molecule has 0 saturated heterocycles. The molecule has 2 aromatic carbocycles. The normalized spacial score (nSPS) is 13.9. The van der Waals surface area contributed by atoms with Crippen LogP contribution in [0.3, 0.4) is 0 Å². The predicted octanol–water partition coefficient (Wildman–Crippen LogP) is 9.16. The first kappa shape index (κ1) is 27.4. The van der Waals surface area contributed by atoms with Crippen LogP contribution < -0.4 is 5.32 Å². The molecule has 0 radical (unpaired) electrons. The molecule has 0 bridgehead atoms. The molecule has 1 aliphatic rings. The van der Waals surface area contributed by atoms with Crippen molar-refractivity contribution in [1.29, 1.82) is 0 Å². The monoisotopic (exact) mass is 477 g/mol. The number of hydrogen-bond acceptors (Lipinski definition) is 2. The number of imide groups is 1. The maximum atomic E-state index is 12.9. The van der Waals surface area contributed by atoms with E-state index in [0.29, 0.717) is 11.5 Å². The van der Waals surface area contributed by atoms with E-state index in [1.54, 1.807) is 0 Å². The van der Waals surface area contributed by atoms with Crippen LogP contribution in [0.5, 0.6) is 0 Å². The lowest BCUT2D eigenvalue weighted by Gasteiger charge is -2.23. The lowest BCUT2D eigenvalue weighted by atomic mass is 9.84. The van der Waals surface area contributed by atoms with Gasteiger partial charge in [-0.2, -0.15) is 0 Å². The fourth-order valence-corrected chi connectivity index (χ4v) is 5.71. The Hall–Kier alpha value is -2.16. The Morgan fingerprint density at radius 2 is 1.23 bits per heavy atom. The average Bonchev–Trinajstić information content (AvgIpc) is 2.86. The van der Waals surface area contributed by atoms with Crippen molar-refractivity contribution in [2.24, 2.45) is 5.92 Å². The van der Waals surface area contributed by atoms with Crippen LogP contribution in [-0.2, 0) is 6.42 Å². The Labute approximate surface area is 213 Å². The van der Waals surface area contributed by atoms with Gasteiger partial charge in [0.1, 0.15) is 0 Å². The highest BCUT2D eigenvalue weighted by molar-refractivity contribution is 6.26. The summed E-state index contributed by atoms with van der Waals surface area (Å²) in [4.78, 5) is 25.3. The van der Waals surface area contributed by atoms with Gasteiger partial charge < -0.3 is 0 Å². The third kappa shape index (κ3) is 8.19. The number of nitrogens with one attached hydrogen (secondary N) is 1. The third-order valence-electron chi connectivity index (χ3n) is 7.77. The molecule has 3 heteroatoms. The Bertz CT molecular complexity index is 948. The van der Waals surface area contributed by atoms with Gasteiger partial charge in [-0.25, -0.2) is 0 Å². The van der Waals surface area contributed by atoms with E-state index in [-0.39, 0.29) is 11.8 Å². The Morgan fingerprint density at radius 3 is 1.83 bits per heavy atom. The molecule has 0 aromatic heterocycles. The lowest BCUT2D eigenvalue weighted by molar-refractivity contribution is 0.0844. The first-order valence-electron chi connectivity index (χ1n) is 14.6. The average molecular weight is 478 g/mol. The smallest absolute Gasteiger partial charge is 0.259 e. The first-order valence-corrected chi connectivity index (χ1v) is 14.6. The van der Waals surface area contributed by atoms with Crippen molar-refractivity contribution in [2.45, 2.75) is 123 Å². The van der Waals surface area contributed by atoms with E-state index in [0.717, 1.165) is 28.3 Å². The molecule has 1 aliphatic heterocycles. The standard InChI is InChI=1S/C32H47NO2/c1-3-5-7-9-11-12-14-16-19-25(18-15-13-10-8-6-4-2)24-27-23-22-26-20-17-21-28-29(26)30(27)32(35)33-31(28)34/h17,20-23,25H,3-16,18-19,24H2,1-2H3,(H,33,34,35). The molecular formula is C32H47NO2. The van der Waals surface area contributed by atoms with Gasteiger partial charge >= 0.3 is 0 Å². The molecule has 2 aromatic rings. The number of benzene rings is 2. The van der Waals surface area contributed by atoms with Crippen LogP contribution in [0.25, 0.3) is 10.8 Å². The van der Waals surface area contributed by atoms with Crippen molar-refractivity contribution in [3.05, 3.63) is 47.0 Å². The summed E-state index contributed by atoms with van der Waals surface area (Å²) in [7, 11) is 0. The molecule has 192 valence electrons. The van der Waals surface area contributed by atoms with Crippen molar-refractivity contribution in [3.8, 4) is 0 Å². The summed E-state index contributed by atoms with van der Waals surface area (Å²) in [6.07, 6.45) is 22.1. The minimum atomic E-state index is -0.271. The van der Waals surface area contributed by atoms with Crippen molar-refractivity contribution in [3.63, 3.8) is 0 Å². The summed E-state index contributed by atoms with van der Waals surface area (Å²) in [6, 6.07) is 9.98. The SMILES string of the molecule is CCCCCCCCCCC(CCCCCCCC)Cc1ccc2cccc3c2c1C(=O)NC3=O. The number of carbonyl (C=O) groups is 2. The summed E-state index contributed by atoms with van der Waals surface area (Å²) in [5.41, 5.74) is 2.49. The van der Waals surface area contributed by atoms with Crippen molar-refractivity contribution in [2.75, 3.05) is 0 Å². The van der Waals surface area contributed by atoms with Crippen LogP contribution in [0.2, 0.25) is 0 Å². The largest absolute Gasteiger partial charge is 0.288 e. The fourth-order valence-electron chi connectivity index (χ4n) is 5.71. The Kier molecular flexibility index (Phi) is 11.8. The quantitative estimate of drug-likeness (QED) is 0.172. The van der Waals surface area contributed by atoms with Crippen molar-refractivity contribution >= 4 is 22.6 Å². The number of amides is 2. The number of hydrogen-bond donors (Lipinski definition) is 1. The van der Waals surface area contributed by atoms with Gasteiger partial charge in [-0.3, -0.25) is 14.9 Å². The summed E-state index contributed by atoms with van der Waals surface area (Å²) < 4.78 is 0. The second kappa shape index (κ2) is 15.1. The van der Waals surface area contributed by atoms with E-state index in [1.807, 2.05) is 18.2 Å². The minimum Gasteiger partial charge on any atom is -0.288 e. The van der Waals surface area contributed by atoms with Crippen LogP contribution >= 0.6 is 0 Å². The van der Waals surface area contributed by atoms with Crippen molar-refractivity contribution in [1.82, 2.24) is 5.32 Å². The summed E-state index contributed by atoms with van der Waals surface area (Å²) >= 11 is 0. The van der Waals surface area contributed by atoms with E-state index in [4.69, 9.17) is 0 Å². The zero-order valence-electron chi connectivity index (χ0n) is 22.3. The zero-order valence-corrected chi connectivity index (χ0v) is 22.3. The van der Waals surface area contributed by atoms with Gasteiger partial charge in [0.15, 0.2) is 0 Å². The number of rotatable bonds is 18. The summed E-state index contributed by atoms with van der Waals surface area (Å²) in [5.74, 6) is 0.111. The molecule has 0 aliphatic carbocycles. The van der Waals surface area contributed by atoms with Crippen LogP contribution in [0.1, 0.15) is 143 Å². The van der Waals surface area contributed by atoms with Crippen LogP contribution in [0, 0.1) is 5.92 Å². The van der Waals surface area contributed by atoms with E-state index in [9.17, 15) is 9.59 Å². The highest BCUT2D eigenvalue weighted by atomic mass is 16.2. The molecule has 1 unspecified atom stereocenters. The molecule has 2 amide bonds. The molecular weight excluding hydrogens is 430 g/mol. The minimum absolute atomic E-state index is 0.223. The van der Waals surface area contributed by atoms with Crippen molar-refractivity contribution < 1.29 is 9.59 Å². The van der Waals surface area contributed by atoms with Gasteiger partial charge in [0.25, 0.3) is 11.8 Å². The van der Waals surface area contributed by atoms with E-state index >= 15 is 0 Å². The highest BCUT2D eigenvalue weighted by Crippen LogP contribution is 2.32. The van der Waals surface area contributed by atoms with Crippen LogP contribution in [-0.4, -0.2) is 11.8 Å². The molecule has 0 fully saturated rings. The van der Waals surface area contributed by atoms with Crippen LogP contribution in [0.15, 0.2) is 30.3 Å². The summed E-state index contributed by atoms with van der Waals surface area (Å²) in [5, 5.41) is 4.42. The number of unbranched alkanes of at least 4 members (excludes halogenated alkanes) is 12. The maximum Gasteiger partial charge on any atom is 0.259 e. The van der Waals surface area contributed by atoms with E-state index in [2.05, 4.69) is 31.3 Å². The molecule has 3 rings (SSSR count). The molecule has 0 spiro atoms. The fraction of sp³-hybridized carbons (Fsp3) is 0.625. The highest BCUT2D eigenvalue weighted by Gasteiger charge is 2.27. The molecule has 0 saturated carbocycles. The second-order valence-electron chi connectivity index (χ2n) is 10.7. The topological polar surface area (TPSA) is 46.2 Å². The molecule has 1 N–H and O–H groups in total. The first-order chi connectivity index (χ1) is 17.2. The second-order valence-corrected chi connectivity index (χ2v) is 10.7. The Balaban J connectivity index is 1.64. The molecule has 1 atom stereocenters. The van der Waals surface area contributed by atoms with Gasteiger partial charge in [0, 0.05) is 10.9 Å². The Morgan fingerprint density at radius 1 is 0.657 bits per heavy atom. The molecule has 1 heterocycles. The molecule has 3 nitrogen and oxygen atoms in total. The van der Waals surface area contributed by atoms with Gasteiger partial charge in [-0.05, 0) is 29.4 Å². The lowest BCUT2D eigenvalue weighted by Crippen LogP contribution is -2.35. The third-order valence-corrected chi connectivity index (χ3v) is 7.77. The molecule has 35 heavy (non-hydrogen) atoms. The van der Waals surface area contributed by atoms with Gasteiger partial charge in [0.2, 0.25) is 0 Å². The van der Waals surface area contributed by atoms with E-state index in [1.165, 1.54) is 103 Å². The van der Waals surface area contributed by atoms with Crippen LogP contribution in [0.4, 0.5) is 0 Å². The van der Waals surface area contributed by atoms with Gasteiger partial charge in [-0.15, -0.1) is 0 Å². The van der Waals surface area contributed by atoms with Gasteiger partial charge in [-0.1, -0.05) is 141 Å². The summed E-state index contributed by atoms with van der Waals surface area (Å²) in [6.45, 7) is 4.54.